The lowest BCUT2D eigenvalue weighted by atomic mass is 9.70. The van der Waals surface area contributed by atoms with E-state index in [0.29, 0.717) is 5.41 Å². The zero-order valence-electron chi connectivity index (χ0n) is 11.8. The van der Waals surface area contributed by atoms with Gasteiger partial charge in [-0.1, -0.05) is 20.8 Å². The Morgan fingerprint density at radius 1 is 1.31 bits per heavy atom. The Morgan fingerprint density at radius 3 is 2.56 bits per heavy atom. The van der Waals surface area contributed by atoms with Crippen molar-refractivity contribution in [2.75, 3.05) is 27.2 Å². The highest BCUT2D eigenvalue weighted by Crippen LogP contribution is 2.38. The van der Waals surface area contributed by atoms with Crippen LogP contribution in [0.1, 0.15) is 46.5 Å². The van der Waals surface area contributed by atoms with Gasteiger partial charge in [0.1, 0.15) is 0 Å². The maximum atomic E-state index is 3.74. The van der Waals surface area contributed by atoms with Crippen LogP contribution >= 0.6 is 0 Å². The molecule has 1 saturated carbocycles. The van der Waals surface area contributed by atoms with E-state index in [-0.39, 0.29) is 0 Å². The fraction of sp³-hybridized carbons (Fsp3) is 1.00. The number of nitrogens with zero attached hydrogens (tertiary/aromatic N) is 1. The third-order valence-electron chi connectivity index (χ3n) is 3.88. The lowest BCUT2D eigenvalue weighted by Crippen LogP contribution is -2.42. The van der Waals surface area contributed by atoms with Crippen molar-refractivity contribution in [3.8, 4) is 0 Å². The topological polar surface area (TPSA) is 15.3 Å². The minimum absolute atomic E-state index is 0.571. The molecule has 16 heavy (non-hydrogen) atoms. The number of rotatable bonds is 5. The third-order valence-corrected chi connectivity index (χ3v) is 3.88. The summed E-state index contributed by atoms with van der Waals surface area (Å²) in [5.41, 5.74) is 0.571. The molecule has 96 valence electrons. The van der Waals surface area contributed by atoms with Gasteiger partial charge >= 0.3 is 0 Å². The first-order valence-corrected chi connectivity index (χ1v) is 6.79. The molecule has 1 N–H and O–H groups in total. The van der Waals surface area contributed by atoms with Gasteiger partial charge in [-0.2, -0.15) is 0 Å². The minimum Gasteiger partial charge on any atom is -0.314 e. The van der Waals surface area contributed by atoms with Gasteiger partial charge in [0.15, 0.2) is 0 Å². The SMILES string of the molecule is CC1CC(C)(C)CCC1NCCCN(C)C. The van der Waals surface area contributed by atoms with E-state index >= 15 is 0 Å². The number of nitrogens with one attached hydrogen (secondary N) is 1. The molecule has 1 fully saturated rings. The molecular weight excluding hydrogens is 196 g/mol. The second-order valence-electron chi connectivity index (χ2n) is 6.60. The normalized spacial score (nSPS) is 29.6. The van der Waals surface area contributed by atoms with Gasteiger partial charge in [-0.15, -0.1) is 0 Å². The molecule has 2 atom stereocenters. The van der Waals surface area contributed by atoms with Crippen molar-refractivity contribution in [3.05, 3.63) is 0 Å². The molecule has 0 amide bonds. The molecule has 1 aliphatic rings. The zero-order chi connectivity index (χ0) is 12.2. The maximum absolute atomic E-state index is 3.74. The Labute approximate surface area is 102 Å². The van der Waals surface area contributed by atoms with Crippen molar-refractivity contribution in [1.82, 2.24) is 10.2 Å². The van der Waals surface area contributed by atoms with Gasteiger partial charge in [0.25, 0.3) is 0 Å². The fourth-order valence-corrected chi connectivity index (χ4v) is 2.93. The van der Waals surface area contributed by atoms with E-state index in [1.165, 1.54) is 38.8 Å². The third kappa shape index (κ3) is 4.84. The van der Waals surface area contributed by atoms with E-state index in [1.54, 1.807) is 0 Å². The molecule has 0 saturated heterocycles. The van der Waals surface area contributed by atoms with Crippen LogP contribution in [0.3, 0.4) is 0 Å². The molecule has 0 spiro atoms. The predicted octanol–water partition coefficient (Wildman–Crippen LogP) is 2.74. The standard InChI is InChI=1S/C14H30N2/c1-12-11-14(2,3)8-7-13(12)15-9-6-10-16(4)5/h12-13,15H,6-11H2,1-5H3. The number of hydrogen-bond donors (Lipinski definition) is 1. The first kappa shape index (κ1) is 14.0. The first-order valence-electron chi connectivity index (χ1n) is 6.79. The second kappa shape index (κ2) is 6.02. The molecule has 0 bridgehead atoms. The molecule has 0 aliphatic heterocycles. The zero-order valence-corrected chi connectivity index (χ0v) is 11.8. The van der Waals surface area contributed by atoms with Gasteiger partial charge in [-0.05, 0) is 64.2 Å². The average molecular weight is 226 g/mol. The minimum atomic E-state index is 0.571. The summed E-state index contributed by atoms with van der Waals surface area (Å²) in [5.74, 6) is 0.836. The monoisotopic (exact) mass is 226 g/mol. The highest BCUT2D eigenvalue weighted by Gasteiger charge is 2.31. The molecule has 2 heteroatoms. The molecule has 2 unspecified atom stereocenters. The largest absolute Gasteiger partial charge is 0.314 e. The summed E-state index contributed by atoms with van der Waals surface area (Å²) in [5, 5.41) is 3.74. The number of hydrogen-bond acceptors (Lipinski definition) is 2. The van der Waals surface area contributed by atoms with Gasteiger partial charge in [0.05, 0.1) is 0 Å². The van der Waals surface area contributed by atoms with Crippen LogP contribution in [-0.4, -0.2) is 38.1 Å². The molecule has 0 aromatic carbocycles. The van der Waals surface area contributed by atoms with Gasteiger partial charge in [-0.3, -0.25) is 0 Å². The van der Waals surface area contributed by atoms with Crippen molar-refractivity contribution >= 4 is 0 Å². The van der Waals surface area contributed by atoms with Crippen LogP contribution in [0.25, 0.3) is 0 Å². The smallest absolute Gasteiger partial charge is 0.00931 e. The van der Waals surface area contributed by atoms with Gasteiger partial charge < -0.3 is 10.2 Å². The Balaban J connectivity index is 2.18. The summed E-state index contributed by atoms with van der Waals surface area (Å²) < 4.78 is 0. The summed E-state index contributed by atoms with van der Waals surface area (Å²) in [6, 6.07) is 0.759. The summed E-state index contributed by atoms with van der Waals surface area (Å²) in [6.45, 7) is 9.59. The van der Waals surface area contributed by atoms with Crippen LogP contribution in [-0.2, 0) is 0 Å². The molecule has 1 rings (SSSR count). The molecule has 2 nitrogen and oxygen atoms in total. The van der Waals surface area contributed by atoms with Crippen molar-refractivity contribution in [2.24, 2.45) is 11.3 Å². The van der Waals surface area contributed by atoms with Crippen LogP contribution in [0.4, 0.5) is 0 Å². The van der Waals surface area contributed by atoms with E-state index in [2.05, 4.69) is 45.1 Å². The summed E-state index contributed by atoms with van der Waals surface area (Å²) in [6.07, 6.45) is 5.37. The van der Waals surface area contributed by atoms with Gasteiger partial charge in [0, 0.05) is 6.04 Å². The molecule has 0 aromatic rings. The average Bonchev–Trinajstić information content (AvgIpc) is 2.13. The van der Waals surface area contributed by atoms with Gasteiger partial charge in [0.2, 0.25) is 0 Å². The van der Waals surface area contributed by atoms with Gasteiger partial charge in [-0.25, -0.2) is 0 Å². The van der Waals surface area contributed by atoms with Crippen LogP contribution < -0.4 is 5.32 Å². The lowest BCUT2D eigenvalue weighted by molar-refractivity contribution is 0.148. The summed E-state index contributed by atoms with van der Waals surface area (Å²) in [4.78, 5) is 2.26. The van der Waals surface area contributed by atoms with Crippen LogP contribution in [0.15, 0.2) is 0 Å². The highest BCUT2D eigenvalue weighted by atomic mass is 15.1. The van der Waals surface area contributed by atoms with Crippen molar-refractivity contribution < 1.29 is 0 Å². The van der Waals surface area contributed by atoms with Crippen molar-refractivity contribution in [2.45, 2.75) is 52.5 Å². The summed E-state index contributed by atoms with van der Waals surface area (Å²) >= 11 is 0. The van der Waals surface area contributed by atoms with Crippen molar-refractivity contribution in [3.63, 3.8) is 0 Å². The summed E-state index contributed by atoms with van der Waals surface area (Å²) in [7, 11) is 4.29. The fourth-order valence-electron chi connectivity index (χ4n) is 2.93. The van der Waals surface area contributed by atoms with Crippen molar-refractivity contribution in [1.29, 1.82) is 0 Å². The Kier molecular flexibility index (Phi) is 5.26. The molecule has 0 aromatic heterocycles. The van der Waals surface area contributed by atoms with E-state index < -0.39 is 0 Å². The highest BCUT2D eigenvalue weighted by molar-refractivity contribution is 4.86. The maximum Gasteiger partial charge on any atom is 0.00931 e. The second-order valence-corrected chi connectivity index (χ2v) is 6.60. The van der Waals surface area contributed by atoms with Crippen LogP contribution in [0.5, 0.6) is 0 Å². The molecule has 0 radical (unpaired) electrons. The Bertz CT molecular complexity index is 199. The Morgan fingerprint density at radius 2 is 2.00 bits per heavy atom. The Hall–Kier alpha value is -0.0800. The van der Waals surface area contributed by atoms with E-state index in [4.69, 9.17) is 0 Å². The molecule has 1 aliphatic carbocycles. The van der Waals surface area contributed by atoms with Crippen LogP contribution in [0.2, 0.25) is 0 Å². The van der Waals surface area contributed by atoms with E-state index in [1.807, 2.05) is 0 Å². The van der Waals surface area contributed by atoms with E-state index in [9.17, 15) is 0 Å². The first-order chi connectivity index (χ1) is 7.41. The quantitative estimate of drug-likeness (QED) is 0.725. The predicted molar refractivity (Wildman–Crippen MR) is 71.8 cm³/mol. The lowest BCUT2D eigenvalue weighted by Gasteiger charge is -2.39. The molecule has 0 heterocycles. The van der Waals surface area contributed by atoms with Crippen LogP contribution in [0, 0.1) is 11.3 Å². The molecular formula is C14H30N2. The van der Waals surface area contributed by atoms with E-state index in [0.717, 1.165) is 12.0 Å².